The van der Waals surface area contributed by atoms with E-state index in [0.29, 0.717) is 25.7 Å². The standard InChI is InChI=1S/C20H33N5O2.HI/c1-5-22-18(24-17-9-10-17)23-12-7-13-25(19(26)27-20(2,3)4)15-16-8-6-11-21-14-16;/h6,8,11,14,17H,5,7,9-10,12-13,15H2,1-4H3,(H2,22,23,24);1H. The van der Waals surface area contributed by atoms with Crippen LogP contribution in [0.2, 0.25) is 0 Å². The van der Waals surface area contributed by atoms with E-state index in [4.69, 9.17) is 4.74 Å². The summed E-state index contributed by atoms with van der Waals surface area (Å²) < 4.78 is 5.56. The highest BCUT2D eigenvalue weighted by Crippen LogP contribution is 2.18. The molecule has 0 aliphatic heterocycles. The van der Waals surface area contributed by atoms with E-state index in [0.717, 1.165) is 24.5 Å². The molecule has 0 radical (unpaired) electrons. The maximum absolute atomic E-state index is 12.6. The van der Waals surface area contributed by atoms with Crippen molar-refractivity contribution in [1.29, 1.82) is 0 Å². The molecular weight excluding hydrogens is 469 g/mol. The van der Waals surface area contributed by atoms with Gasteiger partial charge < -0.3 is 20.3 Å². The van der Waals surface area contributed by atoms with Crippen molar-refractivity contribution in [3.05, 3.63) is 30.1 Å². The van der Waals surface area contributed by atoms with E-state index in [9.17, 15) is 4.79 Å². The fourth-order valence-corrected chi connectivity index (χ4v) is 2.47. The molecule has 1 aliphatic rings. The second-order valence-corrected chi connectivity index (χ2v) is 7.80. The summed E-state index contributed by atoms with van der Waals surface area (Å²) >= 11 is 0. The average molecular weight is 503 g/mol. The van der Waals surface area contributed by atoms with Crippen LogP contribution in [-0.4, -0.2) is 53.2 Å². The van der Waals surface area contributed by atoms with Crippen molar-refractivity contribution in [2.24, 2.45) is 4.99 Å². The van der Waals surface area contributed by atoms with E-state index in [1.165, 1.54) is 12.8 Å². The lowest BCUT2D eigenvalue weighted by Crippen LogP contribution is -2.39. The number of ether oxygens (including phenoxy) is 1. The first-order valence-corrected chi connectivity index (χ1v) is 9.79. The molecule has 1 aromatic heterocycles. The molecule has 0 unspecified atom stereocenters. The molecule has 2 N–H and O–H groups in total. The highest BCUT2D eigenvalue weighted by atomic mass is 127. The Morgan fingerprint density at radius 1 is 1.39 bits per heavy atom. The molecule has 0 spiro atoms. The topological polar surface area (TPSA) is 78.9 Å². The smallest absolute Gasteiger partial charge is 0.410 e. The summed E-state index contributed by atoms with van der Waals surface area (Å²) in [6.07, 6.45) is 6.38. The van der Waals surface area contributed by atoms with Gasteiger partial charge in [0.1, 0.15) is 5.60 Å². The van der Waals surface area contributed by atoms with Crippen LogP contribution >= 0.6 is 24.0 Å². The van der Waals surface area contributed by atoms with Gasteiger partial charge in [0, 0.05) is 38.1 Å². The van der Waals surface area contributed by atoms with Gasteiger partial charge in [-0.3, -0.25) is 9.98 Å². The lowest BCUT2D eigenvalue weighted by atomic mass is 10.2. The Kier molecular flexibility index (Phi) is 10.6. The zero-order valence-corrected chi connectivity index (χ0v) is 19.7. The van der Waals surface area contributed by atoms with Gasteiger partial charge in [0.2, 0.25) is 0 Å². The average Bonchev–Trinajstić information content (AvgIpc) is 3.41. The quantitative estimate of drug-likeness (QED) is 0.246. The molecule has 1 aromatic rings. The molecule has 7 nitrogen and oxygen atoms in total. The Balaban J connectivity index is 0.00000392. The first kappa shape index (κ1) is 24.5. The number of aliphatic imine (C=N–C) groups is 1. The van der Waals surface area contributed by atoms with Gasteiger partial charge in [-0.15, -0.1) is 24.0 Å². The molecular formula is C20H34IN5O2. The summed E-state index contributed by atoms with van der Waals surface area (Å²) in [6, 6.07) is 4.40. The van der Waals surface area contributed by atoms with Gasteiger partial charge in [-0.25, -0.2) is 4.79 Å². The van der Waals surface area contributed by atoms with Crippen LogP contribution in [0.15, 0.2) is 29.5 Å². The Labute approximate surface area is 185 Å². The predicted octanol–water partition coefficient (Wildman–Crippen LogP) is 3.54. The van der Waals surface area contributed by atoms with Crippen LogP contribution in [-0.2, 0) is 11.3 Å². The van der Waals surface area contributed by atoms with Crippen molar-refractivity contribution in [3.8, 4) is 0 Å². The lowest BCUT2D eigenvalue weighted by molar-refractivity contribution is 0.0232. The highest BCUT2D eigenvalue weighted by Gasteiger charge is 2.23. The number of hydrogen-bond acceptors (Lipinski definition) is 4. The molecule has 1 fully saturated rings. The molecule has 158 valence electrons. The number of guanidine groups is 1. The number of carbonyl (C=O) groups excluding carboxylic acids is 1. The van der Waals surface area contributed by atoms with Gasteiger partial charge >= 0.3 is 6.09 Å². The summed E-state index contributed by atoms with van der Waals surface area (Å²) in [6.45, 7) is 10.2. The van der Waals surface area contributed by atoms with Crippen LogP contribution in [0.3, 0.4) is 0 Å². The van der Waals surface area contributed by atoms with E-state index >= 15 is 0 Å². The van der Waals surface area contributed by atoms with Crippen LogP contribution in [0.1, 0.15) is 52.5 Å². The summed E-state index contributed by atoms with van der Waals surface area (Å²) in [5.74, 6) is 0.857. The van der Waals surface area contributed by atoms with Gasteiger partial charge in [-0.1, -0.05) is 6.07 Å². The number of carbonyl (C=O) groups is 1. The molecule has 8 heteroatoms. The van der Waals surface area contributed by atoms with E-state index in [1.54, 1.807) is 17.3 Å². The molecule has 1 heterocycles. The SMILES string of the molecule is CCNC(=NCCCN(Cc1cccnc1)C(=O)OC(C)(C)C)NC1CC1.I. The van der Waals surface area contributed by atoms with E-state index in [1.807, 2.05) is 32.9 Å². The van der Waals surface area contributed by atoms with Crippen LogP contribution in [0.4, 0.5) is 4.79 Å². The summed E-state index contributed by atoms with van der Waals surface area (Å²) in [5, 5.41) is 6.66. The zero-order valence-electron chi connectivity index (χ0n) is 17.4. The van der Waals surface area contributed by atoms with Crippen molar-refractivity contribution in [1.82, 2.24) is 20.5 Å². The van der Waals surface area contributed by atoms with E-state index < -0.39 is 5.60 Å². The Bertz CT molecular complexity index is 615. The monoisotopic (exact) mass is 503 g/mol. The van der Waals surface area contributed by atoms with Gasteiger partial charge in [-0.05, 0) is 58.6 Å². The first-order chi connectivity index (χ1) is 12.9. The zero-order chi connectivity index (χ0) is 19.7. The predicted molar refractivity (Wildman–Crippen MR) is 123 cm³/mol. The molecule has 0 atom stereocenters. The van der Waals surface area contributed by atoms with Gasteiger partial charge in [-0.2, -0.15) is 0 Å². The number of nitrogens with zero attached hydrogens (tertiary/aromatic N) is 3. The van der Waals surface area contributed by atoms with E-state index in [2.05, 4.69) is 27.5 Å². The first-order valence-electron chi connectivity index (χ1n) is 9.79. The number of halogens is 1. The third-order valence-electron chi connectivity index (χ3n) is 3.87. The molecule has 28 heavy (non-hydrogen) atoms. The van der Waals surface area contributed by atoms with Crippen LogP contribution in [0, 0.1) is 0 Å². The number of hydrogen-bond donors (Lipinski definition) is 2. The van der Waals surface area contributed by atoms with E-state index in [-0.39, 0.29) is 30.1 Å². The molecule has 2 rings (SSSR count). The minimum Gasteiger partial charge on any atom is -0.444 e. The Hall–Kier alpha value is -1.58. The van der Waals surface area contributed by atoms with Crippen LogP contribution in [0.25, 0.3) is 0 Å². The van der Waals surface area contributed by atoms with Crippen molar-refractivity contribution in [2.75, 3.05) is 19.6 Å². The molecule has 0 bridgehead atoms. The maximum atomic E-state index is 12.6. The fourth-order valence-electron chi connectivity index (χ4n) is 2.47. The third-order valence-corrected chi connectivity index (χ3v) is 3.87. The van der Waals surface area contributed by atoms with Crippen molar-refractivity contribution in [3.63, 3.8) is 0 Å². The number of pyridine rings is 1. The number of aromatic nitrogens is 1. The van der Waals surface area contributed by atoms with Crippen LogP contribution < -0.4 is 10.6 Å². The fraction of sp³-hybridized carbons (Fsp3) is 0.650. The third kappa shape index (κ3) is 10.1. The van der Waals surface area contributed by atoms with Gasteiger partial charge in [0.15, 0.2) is 5.96 Å². The van der Waals surface area contributed by atoms with Crippen molar-refractivity contribution < 1.29 is 9.53 Å². The Morgan fingerprint density at radius 2 is 2.14 bits per heavy atom. The number of rotatable bonds is 8. The summed E-state index contributed by atoms with van der Waals surface area (Å²) in [7, 11) is 0. The highest BCUT2D eigenvalue weighted by molar-refractivity contribution is 14.0. The van der Waals surface area contributed by atoms with Gasteiger partial charge in [0.05, 0.1) is 6.54 Å². The van der Waals surface area contributed by atoms with Crippen LogP contribution in [0.5, 0.6) is 0 Å². The summed E-state index contributed by atoms with van der Waals surface area (Å²) in [5.41, 5.74) is 0.463. The second-order valence-electron chi connectivity index (χ2n) is 7.80. The number of nitrogens with one attached hydrogen (secondary N) is 2. The Morgan fingerprint density at radius 3 is 2.71 bits per heavy atom. The molecule has 0 saturated heterocycles. The lowest BCUT2D eigenvalue weighted by Gasteiger charge is -2.27. The van der Waals surface area contributed by atoms with Gasteiger partial charge in [0.25, 0.3) is 0 Å². The minimum absolute atomic E-state index is 0. The normalized spacial score (nSPS) is 14.1. The summed E-state index contributed by atoms with van der Waals surface area (Å²) in [4.78, 5) is 23.0. The minimum atomic E-state index is -0.519. The molecule has 1 aliphatic carbocycles. The molecule has 0 aromatic carbocycles. The maximum Gasteiger partial charge on any atom is 0.410 e. The molecule has 1 saturated carbocycles. The van der Waals surface area contributed by atoms with Crippen molar-refractivity contribution >= 4 is 36.0 Å². The number of amides is 1. The largest absolute Gasteiger partial charge is 0.444 e. The van der Waals surface area contributed by atoms with Crippen molar-refractivity contribution in [2.45, 2.75) is 65.1 Å². The molecule has 1 amide bonds. The second kappa shape index (κ2) is 12.1.